The summed E-state index contributed by atoms with van der Waals surface area (Å²) in [7, 11) is 0. The Balaban J connectivity index is 1.41. The molecule has 2 aliphatic rings. The average Bonchev–Trinajstić information content (AvgIpc) is 3.33. The molecule has 8 heteroatoms. The highest BCUT2D eigenvalue weighted by Gasteiger charge is 2.29. The van der Waals surface area contributed by atoms with Crippen molar-refractivity contribution in [3.05, 3.63) is 22.7 Å². The van der Waals surface area contributed by atoms with E-state index in [1.54, 1.807) is 4.68 Å². The summed E-state index contributed by atoms with van der Waals surface area (Å²) in [4.78, 5) is 18.2. The lowest BCUT2D eigenvalue weighted by Gasteiger charge is -2.40. The van der Waals surface area contributed by atoms with Gasteiger partial charge in [-0.1, -0.05) is 6.42 Å². The Morgan fingerprint density at radius 1 is 1.12 bits per heavy atom. The first-order chi connectivity index (χ1) is 11.8. The van der Waals surface area contributed by atoms with Gasteiger partial charge in [-0.05, 0) is 60.6 Å². The van der Waals surface area contributed by atoms with Gasteiger partial charge in [-0.2, -0.15) is 4.68 Å². The van der Waals surface area contributed by atoms with Crippen LogP contribution in [0.25, 0.3) is 5.69 Å². The molecule has 0 spiro atoms. The van der Waals surface area contributed by atoms with Crippen molar-refractivity contribution in [3.8, 4) is 5.69 Å². The Morgan fingerprint density at radius 2 is 1.92 bits per heavy atom. The van der Waals surface area contributed by atoms with Gasteiger partial charge in [-0.15, -0.1) is 16.4 Å². The zero-order valence-electron chi connectivity index (χ0n) is 13.7. The summed E-state index contributed by atoms with van der Waals surface area (Å²) < 4.78 is 1.56. The summed E-state index contributed by atoms with van der Waals surface area (Å²) in [5.74, 6) is 0.104. The number of likely N-dealkylation sites (tertiary alicyclic amines) is 2. The second-order valence-corrected chi connectivity index (χ2v) is 7.43. The minimum Gasteiger partial charge on any atom is -0.338 e. The molecule has 0 radical (unpaired) electrons. The van der Waals surface area contributed by atoms with Crippen LogP contribution in [0.15, 0.2) is 17.8 Å². The van der Waals surface area contributed by atoms with Gasteiger partial charge in [-0.3, -0.25) is 4.79 Å². The highest BCUT2D eigenvalue weighted by Crippen LogP contribution is 2.26. The third-order valence-corrected chi connectivity index (χ3v) is 5.98. The van der Waals surface area contributed by atoms with Crippen molar-refractivity contribution in [1.29, 1.82) is 0 Å². The molecule has 4 heterocycles. The molecular weight excluding hydrogens is 324 g/mol. The summed E-state index contributed by atoms with van der Waals surface area (Å²) in [6.45, 7) is 4.14. The van der Waals surface area contributed by atoms with E-state index in [9.17, 15) is 4.79 Å². The van der Waals surface area contributed by atoms with Crippen molar-refractivity contribution in [1.82, 2.24) is 30.0 Å². The molecule has 2 aromatic heterocycles. The maximum Gasteiger partial charge on any atom is 0.266 e. The number of nitrogens with zero attached hydrogens (tertiary/aromatic N) is 6. The van der Waals surface area contributed by atoms with Crippen LogP contribution >= 0.6 is 11.3 Å². The SMILES string of the molecule is O=C(c1sccc1-n1cnnn1)N1CCC(N2CCCCC2)CC1. The van der Waals surface area contributed by atoms with Crippen LogP contribution in [0.5, 0.6) is 0 Å². The van der Waals surface area contributed by atoms with Crippen LogP contribution in [0.4, 0.5) is 0 Å². The summed E-state index contributed by atoms with van der Waals surface area (Å²) in [5, 5.41) is 13.1. The zero-order chi connectivity index (χ0) is 16.4. The minimum absolute atomic E-state index is 0.104. The average molecular weight is 346 g/mol. The van der Waals surface area contributed by atoms with Crippen molar-refractivity contribution >= 4 is 17.2 Å². The number of thiophene rings is 1. The molecule has 0 saturated carbocycles. The van der Waals surface area contributed by atoms with Crippen LogP contribution in [-0.4, -0.2) is 68.1 Å². The predicted molar refractivity (Wildman–Crippen MR) is 91.4 cm³/mol. The molecule has 2 aliphatic heterocycles. The molecule has 0 atom stereocenters. The van der Waals surface area contributed by atoms with Crippen molar-refractivity contribution in [3.63, 3.8) is 0 Å². The fraction of sp³-hybridized carbons (Fsp3) is 0.625. The Labute approximate surface area is 145 Å². The first kappa shape index (κ1) is 15.7. The van der Waals surface area contributed by atoms with Crippen LogP contribution in [0, 0.1) is 0 Å². The number of carbonyl (C=O) groups excluding carboxylic acids is 1. The summed E-state index contributed by atoms with van der Waals surface area (Å²) in [6.07, 6.45) is 7.70. The van der Waals surface area contributed by atoms with Gasteiger partial charge in [0.1, 0.15) is 11.2 Å². The van der Waals surface area contributed by atoms with Crippen molar-refractivity contribution in [2.75, 3.05) is 26.2 Å². The van der Waals surface area contributed by atoms with E-state index in [0.29, 0.717) is 6.04 Å². The molecule has 7 nitrogen and oxygen atoms in total. The molecule has 0 bridgehead atoms. The number of aromatic nitrogens is 4. The Hall–Kier alpha value is -1.80. The van der Waals surface area contributed by atoms with Crippen molar-refractivity contribution in [2.24, 2.45) is 0 Å². The quantitative estimate of drug-likeness (QED) is 0.848. The van der Waals surface area contributed by atoms with Crippen LogP contribution in [0.1, 0.15) is 41.8 Å². The highest BCUT2D eigenvalue weighted by atomic mass is 32.1. The van der Waals surface area contributed by atoms with E-state index in [2.05, 4.69) is 20.4 Å². The highest BCUT2D eigenvalue weighted by molar-refractivity contribution is 7.12. The number of carbonyl (C=O) groups is 1. The third-order valence-electron chi connectivity index (χ3n) is 5.09. The second-order valence-electron chi connectivity index (χ2n) is 6.51. The molecule has 0 N–H and O–H groups in total. The molecule has 0 aliphatic carbocycles. The van der Waals surface area contributed by atoms with E-state index in [-0.39, 0.29) is 5.91 Å². The molecular formula is C16H22N6OS. The fourth-order valence-corrected chi connectivity index (χ4v) is 4.62. The van der Waals surface area contributed by atoms with Gasteiger partial charge in [0.05, 0.1) is 5.69 Å². The lowest BCUT2D eigenvalue weighted by atomic mass is 10.00. The maximum absolute atomic E-state index is 12.9. The molecule has 2 saturated heterocycles. The Morgan fingerprint density at radius 3 is 2.62 bits per heavy atom. The summed E-state index contributed by atoms with van der Waals surface area (Å²) in [5.41, 5.74) is 0.771. The van der Waals surface area contributed by atoms with E-state index in [4.69, 9.17) is 0 Å². The van der Waals surface area contributed by atoms with Crippen molar-refractivity contribution < 1.29 is 4.79 Å². The van der Waals surface area contributed by atoms with Crippen LogP contribution in [0.2, 0.25) is 0 Å². The lowest BCUT2D eigenvalue weighted by Crippen LogP contribution is -2.48. The van der Waals surface area contributed by atoms with Gasteiger partial charge in [0.2, 0.25) is 0 Å². The van der Waals surface area contributed by atoms with Gasteiger partial charge in [0.25, 0.3) is 5.91 Å². The topological polar surface area (TPSA) is 67.2 Å². The van der Waals surface area contributed by atoms with Crippen LogP contribution in [-0.2, 0) is 0 Å². The lowest BCUT2D eigenvalue weighted by molar-refractivity contribution is 0.0594. The minimum atomic E-state index is 0.104. The molecule has 4 rings (SSSR count). The zero-order valence-corrected chi connectivity index (χ0v) is 14.5. The molecule has 0 unspecified atom stereocenters. The summed E-state index contributed by atoms with van der Waals surface area (Å²) >= 11 is 1.46. The molecule has 1 amide bonds. The standard InChI is InChI=1S/C16H22N6OS/c23-16(15-14(6-11-24-15)22-12-17-18-19-22)21-9-4-13(5-10-21)20-7-2-1-3-8-20/h6,11-13H,1-5,7-10H2. The molecule has 2 fully saturated rings. The van der Waals surface area contributed by atoms with Crippen molar-refractivity contribution in [2.45, 2.75) is 38.1 Å². The van der Waals surface area contributed by atoms with Gasteiger partial charge in [0.15, 0.2) is 0 Å². The molecule has 128 valence electrons. The summed E-state index contributed by atoms with van der Waals surface area (Å²) in [6, 6.07) is 2.55. The van der Waals surface area contributed by atoms with E-state index in [1.165, 1.54) is 50.0 Å². The fourth-order valence-electron chi connectivity index (χ4n) is 3.78. The largest absolute Gasteiger partial charge is 0.338 e. The smallest absolute Gasteiger partial charge is 0.266 e. The predicted octanol–water partition coefficient (Wildman–Crippen LogP) is 1.81. The van der Waals surface area contributed by atoms with E-state index in [0.717, 1.165) is 36.5 Å². The monoisotopic (exact) mass is 346 g/mol. The second kappa shape index (κ2) is 6.98. The van der Waals surface area contributed by atoms with Crippen LogP contribution < -0.4 is 0 Å². The first-order valence-electron chi connectivity index (χ1n) is 8.67. The number of amides is 1. The van der Waals surface area contributed by atoms with Gasteiger partial charge < -0.3 is 9.80 Å². The number of rotatable bonds is 3. The molecule has 0 aromatic carbocycles. The first-order valence-corrected chi connectivity index (χ1v) is 9.55. The number of hydrogen-bond donors (Lipinski definition) is 0. The molecule has 2 aromatic rings. The van der Waals surface area contributed by atoms with Crippen LogP contribution in [0.3, 0.4) is 0 Å². The van der Waals surface area contributed by atoms with E-state index in [1.807, 2.05) is 16.3 Å². The van der Waals surface area contributed by atoms with Gasteiger partial charge in [0, 0.05) is 19.1 Å². The maximum atomic E-state index is 12.9. The third kappa shape index (κ3) is 3.08. The van der Waals surface area contributed by atoms with E-state index >= 15 is 0 Å². The number of hydrogen-bond acceptors (Lipinski definition) is 6. The van der Waals surface area contributed by atoms with Gasteiger partial charge in [-0.25, -0.2) is 0 Å². The number of tetrazole rings is 1. The Bertz CT molecular complexity index is 671. The molecule has 24 heavy (non-hydrogen) atoms. The normalized spacial score (nSPS) is 20.4. The van der Waals surface area contributed by atoms with Gasteiger partial charge >= 0.3 is 0 Å². The Kier molecular flexibility index (Phi) is 4.57. The van der Waals surface area contributed by atoms with E-state index < -0.39 is 0 Å². The number of piperidine rings is 2.